The molecule has 0 fully saturated rings. The molecular weight excluding hydrogens is 749 g/mol. The Morgan fingerprint density at radius 3 is 1.03 bits per heavy atom. The quantitative estimate of drug-likeness (QED) is 0.146. The Morgan fingerprint density at radius 1 is 0.226 bits per heavy atom. The highest BCUT2D eigenvalue weighted by Crippen LogP contribution is 2.41. The van der Waals surface area contributed by atoms with Gasteiger partial charge >= 0.3 is 0 Å². The first-order chi connectivity index (χ1) is 30.7. The number of hydrogen-bond donors (Lipinski definition) is 0. The minimum atomic E-state index is 1.09. The molecule has 2 heteroatoms. The number of rotatable bonds is 7. The van der Waals surface area contributed by atoms with Crippen LogP contribution in [-0.2, 0) is 0 Å². The molecule has 0 atom stereocenters. The average molecular weight is 789 g/mol. The van der Waals surface area contributed by atoms with Crippen LogP contribution in [0.5, 0.6) is 0 Å². The second kappa shape index (κ2) is 14.8. The Hall–Kier alpha value is -8.20. The van der Waals surface area contributed by atoms with E-state index in [4.69, 9.17) is 0 Å². The van der Waals surface area contributed by atoms with E-state index >= 15 is 0 Å². The number of para-hydroxylation sites is 2. The zero-order chi connectivity index (χ0) is 41.0. The van der Waals surface area contributed by atoms with Crippen LogP contribution in [0.4, 0.5) is 17.1 Å². The van der Waals surface area contributed by atoms with E-state index in [1.165, 1.54) is 87.5 Å². The standard InChI is InChI=1S/C60H40N2/c1-2-12-41(13-3-1)42-22-24-43(25-23-42)44-26-31-47(32-27-44)61(49-35-37-50(38-36-49)62-59-20-10-8-18-56(59)57-19-9-11-21-60(57)62)48-33-28-45(29-34-48)46-30-39-55-53-16-5-4-14-51(53)52-15-6-7-17-54(52)58(55)40-46/h1-40H. The van der Waals surface area contributed by atoms with Gasteiger partial charge in [-0.2, -0.15) is 0 Å². The monoisotopic (exact) mass is 788 g/mol. The van der Waals surface area contributed by atoms with Gasteiger partial charge in [0, 0.05) is 33.5 Å². The molecule has 0 amide bonds. The number of nitrogens with zero attached hydrogens (tertiary/aromatic N) is 2. The number of fused-ring (bicyclic) bond motifs is 9. The summed E-state index contributed by atoms with van der Waals surface area (Å²) < 4.78 is 2.38. The van der Waals surface area contributed by atoms with E-state index in [0.29, 0.717) is 0 Å². The van der Waals surface area contributed by atoms with Gasteiger partial charge in [-0.3, -0.25) is 0 Å². The molecule has 0 aliphatic rings. The summed E-state index contributed by atoms with van der Waals surface area (Å²) in [5.74, 6) is 0. The van der Waals surface area contributed by atoms with Gasteiger partial charge < -0.3 is 9.47 Å². The van der Waals surface area contributed by atoms with Crippen LogP contribution in [0.3, 0.4) is 0 Å². The number of anilines is 3. The van der Waals surface area contributed by atoms with E-state index in [0.717, 1.165) is 22.7 Å². The third-order valence-corrected chi connectivity index (χ3v) is 12.6. The largest absolute Gasteiger partial charge is 0.311 e. The van der Waals surface area contributed by atoms with Crippen LogP contribution in [0.2, 0.25) is 0 Å². The molecule has 11 aromatic carbocycles. The fraction of sp³-hybridized carbons (Fsp3) is 0. The second-order valence-electron chi connectivity index (χ2n) is 16.1. The van der Waals surface area contributed by atoms with Gasteiger partial charge in [-0.05, 0) is 132 Å². The summed E-state index contributed by atoms with van der Waals surface area (Å²) in [7, 11) is 0. The van der Waals surface area contributed by atoms with E-state index < -0.39 is 0 Å². The molecule has 12 aromatic rings. The lowest BCUT2D eigenvalue weighted by Gasteiger charge is -2.26. The predicted octanol–water partition coefficient (Wildman–Crippen LogP) is 16.7. The summed E-state index contributed by atoms with van der Waals surface area (Å²) >= 11 is 0. The van der Waals surface area contributed by atoms with Crippen LogP contribution in [0.15, 0.2) is 243 Å². The molecular formula is C60H40N2. The summed E-state index contributed by atoms with van der Waals surface area (Å²) in [4.78, 5) is 2.36. The van der Waals surface area contributed by atoms with Gasteiger partial charge in [0.05, 0.1) is 11.0 Å². The molecule has 12 rings (SSSR count). The number of hydrogen-bond acceptors (Lipinski definition) is 1. The lowest BCUT2D eigenvalue weighted by molar-refractivity contribution is 1.17. The van der Waals surface area contributed by atoms with E-state index in [9.17, 15) is 0 Å². The van der Waals surface area contributed by atoms with Crippen molar-refractivity contribution in [3.63, 3.8) is 0 Å². The van der Waals surface area contributed by atoms with Crippen molar-refractivity contribution in [1.29, 1.82) is 0 Å². The minimum absolute atomic E-state index is 1.09. The van der Waals surface area contributed by atoms with Crippen LogP contribution >= 0.6 is 0 Å². The van der Waals surface area contributed by atoms with Crippen LogP contribution in [-0.4, -0.2) is 4.57 Å². The van der Waals surface area contributed by atoms with Crippen molar-refractivity contribution in [3.05, 3.63) is 243 Å². The Labute approximate surface area is 360 Å². The topological polar surface area (TPSA) is 8.17 Å². The molecule has 0 spiro atoms. The van der Waals surface area contributed by atoms with E-state index in [2.05, 4.69) is 252 Å². The Bertz CT molecular complexity index is 3490. The SMILES string of the molecule is c1ccc(-c2ccc(-c3ccc(N(c4ccc(-c5ccc6c7ccccc7c7ccccc7c6c5)cc4)c4ccc(-n5c6ccccc6c6ccccc65)cc4)cc3)cc2)cc1. The highest BCUT2D eigenvalue weighted by atomic mass is 15.1. The first kappa shape index (κ1) is 35.7. The minimum Gasteiger partial charge on any atom is -0.311 e. The summed E-state index contributed by atoms with van der Waals surface area (Å²) in [6, 6.07) is 88.3. The van der Waals surface area contributed by atoms with Crippen molar-refractivity contribution in [1.82, 2.24) is 4.57 Å². The Kier molecular flexibility index (Phi) is 8.53. The van der Waals surface area contributed by atoms with Crippen molar-refractivity contribution in [3.8, 4) is 39.1 Å². The van der Waals surface area contributed by atoms with Gasteiger partial charge in [-0.25, -0.2) is 0 Å². The zero-order valence-corrected chi connectivity index (χ0v) is 34.0. The van der Waals surface area contributed by atoms with Crippen molar-refractivity contribution in [2.75, 3.05) is 4.90 Å². The van der Waals surface area contributed by atoms with Crippen LogP contribution in [0.1, 0.15) is 0 Å². The molecule has 0 saturated carbocycles. The third-order valence-electron chi connectivity index (χ3n) is 12.6. The molecule has 1 heterocycles. The summed E-state index contributed by atoms with van der Waals surface area (Å²) in [5, 5.41) is 10.2. The maximum Gasteiger partial charge on any atom is 0.0541 e. The van der Waals surface area contributed by atoms with Crippen LogP contribution < -0.4 is 4.90 Å². The molecule has 0 bridgehead atoms. The lowest BCUT2D eigenvalue weighted by Crippen LogP contribution is -2.10. The molecule has 0 radical (unpaired) electrons. The summed E-state index contributed by atoms with van der Waals surface area (Å²) in [6.45, 7) is 0. The normalized spacial score (nSPS) is 11.5. The Morgan fingerprint density at radius 2 is 0.548 bits per heavy atom. The van der Waals surface area contributed by atoms with Gasteiger partial charge in [-0.15, -0.1) is 0 Å². The van der Waals surface area contributed by atoms with Gasteiger partial charge in [0.1, 0.15) is 0 Å². The van der Waals surface area contributed by atoms with E-state index in [1.807, 2.05) is 0 Å². The maximum absolute atomic E-state index is 2.38. The van der Waals surface area contributed by atoms with Crippen molar-refractivity contribution < 1.29 is 0 Å². The smallest absolute Gasteiger partial charge is 0.0541 e. The molecule has 0 aliphatic carbocycles. The van der Waals surface area contributed by atoms with Gasteiger partial charge in [0.15, 0.2) is 0 Å². The molecule has 290 valence electrons. The number of aromatic nitrogens is 1. The molecule has 2 nitrogen and oxygen atoms in total. The van der Waals surface area contributed by atoms with Gasteiger partial charge in [0.25, 0.3) is 0 Å². The maximum atomic E-state index is 2.38. The first-order valence-electron chi connectivity index (χ1n) is 21.3. The second-order valence-corrected chi connectivity index (χ2v) is 16.1. The molecule has 0 saturated heterocycles. The molecule has 1 aromatic heterocycles. The zero-order valence-electron chi connectivity index (χ0n) is 34.0. The first-order valence-corrected chi connectivity index (χ1v) is 21.3. The van der Waals surface area contributed by atoms with Crippen molar-refractivity contribution in [2.24, 2.45) is 0 Å². The highest BCUT2D eigenvalue weighted by molar-refractivity contribution is 6.25. The molecule has 0 unspecified atom stereocenters. The summed E-state index contributed by atoms with van der Waals surface area (Å²) in [5.41, 5.74) is 14.0. The number of benzene rings is 11. The van der Waals surface area contributed by atoms with Crippen LogP contribution in [0, 0.1) is 0 Å². The van der Waals surface area contributed by atoms with E-state index in [-0.39, 0.29) is 0 Å². The average Bonchev–Trinajstić information content (AvgIpc) is 3.69. The molecule has 0 N–H and O–H groups in total. The summed E-state index contributed by atoms with van der Waals surface area (Å²) in [6.07, 6.45) is 0. The molecule has 62 heavy (non-hydrogen) atoms. The molecule has 0 aliphatic heterocycles. The lowest BCUT2D eigenvalue weighted by atomic mass is 9.92. The fourth-order valence-corrected chi connectivity index (χ4v) is 9.58. The van der Waals surface area contributed by atoms with Gasteiger partial charge in [0.2, 0.25) is 0 Å². The highest BCUT2D eigenvalue weighted by Gasteiger charge is 2.17. The third kappa shape index (κ3) is 6.04. The van der Waals surface area contributed by atoms with Crippen molar-refractivity contribution in [2.45, 2.75) is 0 Å². The fourth-order valence-electron chi connectivity index (χ4n) is 9.58. The van der Waals surface area contributed by atoms with Crippen LogP contribution in [0.25, 0.3) is 93.2 Å². The predicted molar refractivity (Wildman–Crippen MR) is 264 cm³/mol. The van der Waals surface area contributed by atoms with E-state index in [1.54, 1.807) is 0 Å². The van der Waals surface area contributed by atoms with Gasteiger partial charge in [-0.1, -0.05) is 176 Å². The van der Waals surface area contributed by atoms with Crippen molar-refractivity contribution >= 4 is 71.2 Å². The Balaban J connectivity index is 0.935.